The molecule has 0 amide bonds. The molecule has 0 aromatic rings. The molecule has 23 heavy (non-hydrogen) atoms. The van der Waals surface area contributed by atoms with Crippen LogP contribution in [0, 0.1) is 0 Å². The summed E-state index contributed by atoms with van der Waals surface area (Å²) in [6.45, 7) is -0.311. The summed E-state index contributed by atoms with van der Waals surface area (Å²) in [7, 11) is 0. The summed E-state index contributed by atoms with van der Waals surface area (Å²) in [5.74, 6) is -3.54. The molecule has 1 saturated carbocycles. The fourth-order valence-corrected chi connectivity index (χ4v) is 1.10. The Balaban J connectivity index is 0.00000143. The van der Waals surface area contributed by atoms with Gasteiger partial charge in [0.15, 0.2) is 0 Å². The van der Waals surface area contributed by atoms with Crippen molar-refractivity contribution in [3.63, 3.8) is 0 Å². The highest BCUT2D eigenvalue weighted by atomic mass is 16.6. The van der Waals surface area contributed by atoms with Crippen LogP contribution < -0.4 is 0 Å². The van der Waals surface area contributed by atoms with E-state index in [0.29, 0.717) is 18.9 Å². The fourth-order valence-electron chi connectivity index (χ4n) is 1.10. The summed E-state index contributed by atoms with van der Waals surface area (Å²) in [5.41, 5.74) is 0. The number of carboxylic acids is 2. The van der Waals surface area contributed by atoms with E-state index < -0.39 is 23.9 Å². The number of rotatable bonds is 10. The van der Waals surface area contributed by atoms with Crippen molar-refractivity contribution in [2.45, 2.75) is 44.9 Å². The van der Waals surface area contributed by atoms with Crippen molar-refractivity contribution in [2.75, 3.05) is 13.2 Å². The van der Waals surface area contributed by atoms with E-state index in [1.54, 1.807) is 0 Å². The summed E-state index contributed by atoms with van der Waals surface area (Å²) in [5, 5.41) is 16.6. The predicted octanol–water partition coefficient (Wildman–Crippen LogP) is 1.53. The maximum atomic E-state index is 11.1. The molecule has 1 rings (SSSR count). The average molecular weight is 330 g/mol. The third-order valence-corrected chi connectivity index (χ3v) is 2.33. The van der Waals surface area contributed by atoms with Gasteiger partial charge in [-0.05, 0) is 12.8 Å². The molecule has 0 heterocycles. The smallest absolute Gasteiger partial charge is 0.331 e. The second kappa shape index (κ2) is 13.3. The van der Waals surface area contributed by atoms with Gasteiger partial charge in [-0.15, -0.1) is 0 Å². The van der Waals surface area contributed by atoms with E-state index in [1.165, 1.54) is 19.3 Å². The predicted molar refractivity (Wildman–Crippen MR) is 78.6 cm³/mol. The fraction of sp³-hybridized carbons (Fsp3) is 0.600. The van der Waals surface area contributed by atoms with Crippen LogP contribution in [0.3, 0.4) is 0 Å². The van der Waals surface area contributed by atoms with E-state index in [-0.39, 0.29) is 26.1 Å². The first-order valence-electron chi connectivity index (χ1n) is 7.37. The summed E-state index contributed by atoms with van der Waals surface area (Å²) in [6.07, 6.45) is 6.78. The quantitative estimate of drug-likeness (QED) is 0.351. The molecule has 8 nitrogen and oxygen atoms in total. The molecule has 0 atom stereocenters. The van der Waals surface area contributed by atoms with Gasteiger partial charge in [-0.25, -0.2) is 9.59 Å². The van der Waals surface area contributed by atoms with Crippen molar-refractivity contribution in [3.05, 3.63) is 12.2 Å². The number of hydrogen-bond donors (Lipinski definition) is 2. The van der Waals surface area contributed by atoms with Crippen LogP contribution in [0.15, 0.2) is 12.2 Å². The molecule has 130 valence electrons. The highest BCUT2D eigenvalue weighted by molar-refractivity contribution is 5.90. The van der Waals surface area contributed by atoms with Gasteiger partial charge in [0.1, 0.15) is 13.2 Å². The van der Waals surface area contributed by atoms with Crippen molar-refractivity contribution >= 4 is 23.9 Å². The highest BCUT2D eigenvalue weighted by Crippen LogP contribution is 2.14. The number of esters is 2. The van der Waals surface area contributed by atoms with Gasteiger partial charge >= 0.3 is 23.9 Å². The van der Waals surface area contributed by atoms with Crippen molar-refractivity contribution in [1.82, 2.24) is 0 Å². The van der Waals surface area contributed by atoms with Crippen LogP contribution in [0.2, 0.25) is 0 Å². The molecule has 0 bridgehead atoms. The Hall–Kier alpha value is -2.38. The van der Waals surface area contributed by atoms with E-state index >= 15 is 0 Å². The van der Waals surface area contributed by atoms with Gasteiger partial charge in [-0.3, -0.25) is 9.59 Å². The largest absolute Gasteiger partial charge is 0.481 e. The van der Waals surface area contributed by atoms with Crippen LogP contribution >= 0.6 is 0 Å². The lowest BCUT2D eigenvalue weighted by Gasteiger charge is -2.04. The topological polar surface area (TPSA) is 127 Å². The van der Waals surface area contributed by atoms with E-state index in [9.17, 15) is 19.2 Å². The van der Waals surface area contributed by atoms with E-state index in [0.717, 1.165) is 6.08 Å². The van der Waals surface area contributed by atoms with Crippen LogP contribution in [-0.4, -0.2) is 47.3 Å². The Morgan fingerprint density at radius 2 is 1.39 bits per heavy atom. The Kier molecular flexibility index (Phi) is 11.9. The van der Waals surface area contributed by atoms with Crippen LogP contribution in [0.25, 0.3) is 0 Å². The second-order valence-electron chi connectivity index (χ2n) is 4.72. The number of carbonyl (C=O) groups is 4. The summed E-state index contributed by atoms with van der Waals surface area (Å²) in [6, 6.07) is 0. The standard InChI is InChI=1S/C12H16O8.C3H6/c13-9(14)3-1-2-4-11(17)19-7-8-20-12(18)6-5-10(15)16;1-2-3-1/h5-6H,1-4,7-8H2,(H,13,14)(H,15,16);1-3H2/b6-5+;. The van der Waals surface area contributed by atoms with Crippen LogP contribution in [0.4, 0.5) is 0 Å². The minimum atomic E-state index is -1.27. The minimum absolute atomic E-state index is 0.000799. The molecule has 0 spiro atoms. The van der Waals surface area contributed by atoms with E-state index in [4.69, 9.17) is 14.9 Å². The molecule has 1 aliphatic rings. The lowest BCUT2D eigenvalue weighted by molar-refractivity contribution is -0.149. The Morgan fingerprint density at radius 1 is 0.826 bits per heavy atom. The second-order valence-corrected chi connectivity index (χ2v) is 4.72. The molecular formula is C15H22O8. The summed E-state index contributed by atoms with van der Waals surface area (Å²) in [4.78, 5) is 42.3. The molecule has 2 N–H and O–H groups in total. The zero-order chi connectivity index (χ0) is 17.5. The molecule has 8 heteroatoms. The van der Waals surface area contributed by atoms with Crippen molar-refractivity contribution in [2.24, 2.45) is 0 Å². The van der Waals surface area contributed by atoms with Crippen LogP contribution in [-0.2, 0) is 28.7 Å². The first-order chi connectivity index (χ1) is 10.9. The molecule has 0 aliphatic heterocycles. The van der Waals surface area contributed by atoms with Gasteiger partial charge in [0, 0.05) is 25.0 Å². The molecule has 0 saturated heterocycles. The SMILES string of the molecule is C1CC1.O=C(O)/C=C/C(=O)OCCOC(=O)CCCCC(=O)O. The van der Waals surface area contributed by atoms with Crippen molar-refractivity contribution in [3.8, 4) is 0 Å². The third-order valence-electron chi connectivity index (χ3n) is 2.33. The van der Waals surface area contributed by atoms with Crippen LogP contribution in [0.5, 0.6) is 0 Å². The van der Waals surface area contributed by atoms with Gasteiger partial charge < -0.3 is 19.7 Å². The van der Waals surface area contributed by atoms with Gasteiger partial charge in [0.25, 0.3) is 0 Å². The first-order valence-corrected chi connectivity index (χ1v) is 7.37. The Bertz CT molecular complexity index is 422. The number of ether oxygens (including phenoxy) is 2. The van der Waals surface area contributed by atoms with Gasteiger partial charge in [-0.1, -0.05) is 19.3 Å². The summed E-state index contributed by atoms with van der Waals surface area (Å²) >= 11 is 0. The molecule has 0 unspecified atom stereocenters. The number of aliphatic carboxylic acids is 2. The number of carbonyl (C=O) groups excluding carboxylic acids is 2. The lowest BCUT2D eigenvalue weighted by atomic mass is 10.2. The van der Waals surface area contributed by atoms with Crippen molar-refractivity contribution < 1.29 is 38.9 Å². The van der Waals surface area contributed by atoms with Crippen LogP contribution in [0.1, 0.15) is 44.9 Å². The maximum absolute atomic E-state index is 11.1. The zero-order valence-electron chi connectivity index (χ0n) is 12.9. The van der Waals surface area contributed by atoms with Gasteiger partial charge in [0.05, 0.1) is 0 Å². The van der Waals surface area contributed by atoms with E-state index in [2.05, 4.69) is 4.74 Å². The molecule has 0 aromatic carbocycles. The first kappa shape index (κ1) is 20.6. The lowest BCUT2D eigenvalue weighted by Crippen LogP contribution is -2.13. The highest BCUT2D eigenvalue weighted by Gasteiger charge is 2.05. The normalized spacial score (nSPS) is 12.0. The minimum Gasteiger partial charge on any atom is -0.481 e. The maximum Gasteiger partial charge on any atom is 0.331 e. The molecular weight excluding hydrogens is 308 g/mol. The van der Waals surface area contributed by atoms with Gasteiger partial charge in [-0.2, -0.15) is 0 Å². The van der Waals surface area contributed by atoms with Crippen molar-refractivity contribution in [1.29, 1.82) is 0 Å². The zero-order valence-corrected chi connectivity index (χ0v) is 12.9. The summed E-state index contributed by atoms with van der Waals surface area (Å²) < 4.78 is 9.28. The Labute approximate surface area is 134 Å². The average Bonchev–Trinajstić information content (AvgIpc) is 3.34. The molecule has 0 aromatic heterocycles. The Morgan fingerprint density at radius 3 is 1.91 bits per heavy atom. The van der Waals surface area contributed by atoms with E-state index in [1.807, 2.05) is 0 Å². The van der Waals surface area contributed by atoms with Gasteiger partial charge in [0.2, 0.25) is 0 Å². The molecule has 0 radical (unpaired) electrons. The number of hydrogen-bond acceptors (Lipinski definition) is 6. The molecule has 1 aliphatic carbocycles. The number of unbranched alkanes of at least 4 members (excludes halogenated alkanes) is 1. The number of carboxylic acid groups (broad SMARTS) is 2. The third kappa shape index (κ3) is 19.6. The molecule has 1 fully saturated rings. The monoisotopic (exact) mass is 330 g/mol.